The van der Waals surface area contributed by atoms with Crippen molar-refractivity contribution in [1.29, 1.82) is 0 Å². The number of hydrogen-bond acceptors (Lipinski definition) is 4. The summed E-state index contributed by atoms with van der Waals surface area (Å²) in [6.45, 7) is 11.9. The van der Waals surface area contributed by atoms with E-state index in [2.05, 4.69) is 30.7 Å². The molecule has 1 aliphatic carbocycles. The lowest BCUT2D eigenvalue weighted by molar-refractivity contribution is 0.140. The monoisotopic (exact) mass is 288 g/mol. The summed E-state index contributed by atoms with van der Waals surface area (Å²) in [4.78, 5) is 7.31. The minimum absolute atomic E-state index is 0.0156. The Morgan fingerprint density at radius 3 is 1.95 bits per heavy atom. The molecule has 1 saturated carbocycles. The zero-order valence-corrected chi connectivity index (χ0v) is 14.3. The van der Waals surface area contributed by atoms with Gasteiger partial charge in [0.25, 0.3) is 0 Å². The second-order valence-corrected chi connectivity index (χ2v) is 8.69. The van der Waals surface area contributed by atoms with Crippen LogP contribution in [0.25, 0.3) is 0 Å². The molecule has 0 aromatic rings. The van der Waals surface area contributed by atoms with Crippen molar-refractivity contribution >= 4 is 8.88 Å². The zero-order chi connectivity index (χ0) is 14.4. The van der Waals surface area contributed by atoms with E-state index in [4.69, 9.17) is 8.85 Å². The molecule has 0 unspecified atom stereocenters. The smallest absolute Gasteiger partial charge is 0.371 e. The maximum atomic E-state index is 6.04. The van der Waals surface area contributed by atoms with Gasteiger partial charge < -0.3 is 8.85 Å². The third-order valence-electron chi connectivity index (χ3n) is 3.23. The summed E-state index contributed by atoms with van der Waals surface area (Å²) < 4.78 is 12.1. The van der Waals surface area contributed by atoms with Crippen molar-refractivity contribution in [2.75, 3.05) is 13.2 Å². The number of nitrogens with one attached hydrogen (secondary N) is 2. The maximum Gasteiger partial charge on any atom is 0.517 e. The van der Waals surface area contributed by atoms with Crippen LogP contribution in [0.2, 0.25) is 0 Å². The Kier molecular flexibility index (Phi) is 6.97. The largest absolute Gasteiger partial charge is 0.517 e. The van der Waals surface area contributed by atoms with Gasteiger partial charge in [0.15, 0.2) is 0 Å². The zero-order valence-electron chi connectivity index (χ0n) is 13.3. The van der Waals surface area contributed by atoms with E-state index in [9.17, 15) is 0 Å². The van der Waals surface area contributed by atoms with Crippen LogP contribution in [0.15, 0.2) is 0 Å². The fourth-order valence-electron chi connectivity index (χ4n) is 2.65. The normalized spacial score (nSPS) is 18.8. The van der Waals surface area contributed by atoms with Crippen LogP contribution in [-0.2, 0) is 8.85 Å². The van der Waals surface area contributed by atoms with Gasteiger partial charge >= 0.3 is 8.88 Å². The molecule has 5 heteroatoms. The van der Waals surface area contributed by atoms with Crippen molar-refractivity contribution in [3.05, 3.63) is 0 Å². The van der Waals surface area contributed by atoms with Gasteiger partial charge in [-0.15, -0.1) is 0 Å². The van der Waals surface area contributed by atoms with Crippen LogP contribution in [-0.4, -0.2) is 33.7 Å². The summed E-state index contributed by atoms with van der Waals surface area (Å²) in [7, 11) is -2.52. The first-order valence-corrected chi connectivity index (χ1v) is 9.57. The number of hydrogen-bond donors (Lipinski definition) is 2. The molecule has 0 amide bonds. The van der Waals surface area contributed by atoms with Crippen molar-refractivity contribution in [3.63, 3.8) is 0 Å². The molecule has 0 atom stereocenters. The van der Waals surface area contributed by atoms with E-state index in [-0.39, 0.29) is 5.54 Å². The van der Waals surface area contributed by atoms with Crippen molar-refractivity contribution in [1.82, 2.24) is 9.96 Å². The first-order chi connectivity index (χ1) is 8.91. The molecule has 0 bridgehead atoms. The average molecular weight is 289 g/mol. The van der Waals surface area contributed by atoms with Gasteiger partial charge in [-0.05, 0) is 47.5 Å². The van der Waals surface area contributed by atoms with Gasteiger partial charge in [0, 0.05) is 24.8 Å². The standard InChI is InChI=1S/C14H32N2O2Si/c1-6-17-19(18-7-2,16-14(3,4)5)15-13-11-9-8-10-12-13/h13,15-16H,6-12H2,1-5H3. The van der Waals surface area contributed by atoms with E-state index in [0.29, 0.717) is 19.3 Å². The predicted molar refractivity (Wildman–Crippen MR) is 81.9 cm³/mol. The first kappa shape index (κ1) is 17.1. The fourth-order valence-corrected chi connectivity index (χ4v) is 5.74. The van der Waals surface area contributed by atoms with E-state index >= 15 is 0 Å². The molecule has 0 spiro atoms. The molecular formula is C14H32N2O2Si. The van der Waals surface area contributed by atoms with Crippen LogP contribution >= 0.6 is 0 Å². The summed E-state index contributed by atoms with van der Waals surface area (Å²) in [5, 5.41) is 0. The molecule has 0 aromatic heterocycles. The molecule has 19 heavy (non-hydrogen) atoms. The SMILES string of the molecule is CCO[Si](NC1CCCCC1)(NC(C)(C)C)OCC. The van der Waals surface area contributed by atoms with Gasteiger partial charge in [0.1, 0.15) is 0 Å². The second kappa shape index (κ2) is 7.74. The molecule has 0 aliphatic heterocycles. The van der Waals surface area contributed by atoms with Crippen molar-refractivity contribution < 1.29 is 8.85 Å². The molecule has 2 N–H and O–H groups in total. The molecule has 1 rings (SSSR count). The lowest BCUT2D eigenvalue weighted by Crippen LogP contribution is -2.73. The summed E-state index contributed by atoms with van der Waals surface area (Å²) in [5.74, 6) is 0. The molecule has 4 nitrogen and oxygen atoms in total. The lowest BCUT2D eigenvalue weighted by atomic mass is 9.96. The third kappa shape index (κ3) is 6.36. The molecule has 0 heterocycles. The third-order valence-corrected chi connectivity index (χ3v) is 6.49. The summed E-state index contributed by atoms with van der Waals surface area (Å²) in [6.07, 6.45) is 6.47. The van der Waals surface area contributed by atoms with Crippen LogP contribution in [0.5, 0.6) is 0 Å². The van der Waals surface area contributed by atoms with Gasteiger partial charge in [0.05, 0.1) is 0 Å². The Hall–Kier alpha value is 0.0569. The van der Waals surface area contributed by atoms with Crippen molar-refractivity contribution in [2.45, 2.75) is 78.3 Å². The Bertz CT molecular complexity index is 244. The maximum absolute atomic E-state index is 6.04. The molecule has 1 aliphatic rings. The van der Waals surface area contributed by atoms with Crippen LogP contribution in [0.1, 0.15) is 66.7 Å². The van der Waals surface area contributed by atoms with Crippen molar-refractivity contribution in [3.8, 4) is 0 Å². The number of rotatable bonds is 7. The molecule has 0 radical (unpaired) electrons. The Morgan fingerprint density at radius 1 is 1.00 bits per heavy atom. The van der Waals surface area contributed by atoms with Crippen molar-refractivity contribution in [2.24, 2.45) is 0 Å². The van der Waals surface area contributed by atoms with Crippen LogP contribution < -0.4 is 9.96 Å². The van der Waals surface area contributed by atoms with E-state index in [1.54, 1.807) is 0 Å². The second-order valence-electron chi connectivity index (χ2n) is 6.34. The highest BCUT2D eigenvalue weighted by Gasteiger charge is 2.44. The predicted octanol–water partition coefficient (Wildman–Crippen LogP) is 2.81. The van der Waals surface area contributed by atoms with Gasteiger partial charge in [0.2, 0.25) is 0 Å². The van der Waals surface area contributed by atoms with Crippen LogP contribution in [0.4, 0.5) is 0 Å². The molecular weight excluding hydrogens is 256 g/mol. The molecule has 114 valence electrons. The minimum Gasteiger partial charge on any atom is -0.371 e. The van der Waals surface area contributed by atoms with Gasteiger partial charge in [-0.25, -0.2) is 0 Å². The van der Waals surface area contributed by atoms with E-state index in [0.717, 1.165) is 0 Å². The Labute approximate surface area is 120 Å². The molecule has 0 aromatic carbocycles. The van der Waals surface area contributed by atoms with Gasteiger partial charge in [-0.3, -0.25) is 9.96 Å². The van der Waals surface area contributed by atoms with Crippen LogP contribution in [0.3, 0.4) is 0 Å². The van der Waals surface area contributed by atoms with E-state index in [1.165, 1.54) is 32.1 Å². The molecule has 0 saturated heterocycles. The lowest BCUT2D eigenvalue weighted by Gasteiger charge is -2.39. The van der Waals surface area contributed by atoms with Gasteiger partial charge in [-0.2, -0.15) is 0 Å². The fraction of sp³-hybridized carbons (Fsp3) is 1.00. The highest BCUT2D eigenvalue weighted by Crippen LogP contribution is 2.20. The summed E-state index contributed by atoms with van der Waals surface area (Å²) in [6, 6.07) is 0.536. The first-order valence-electron chi connectivity index (χ1n) is 7.75. The van der Waals surface area contributed by atoms with Crippen LogP contribution in [0, 0.1) is 0 Å². The highest BCUT2D eigenvalue weighted by molar-refractivity contribution is 6.62. The van der Waals surface area contributed by atoms with E-state index in [1.807, 2.05) is 13.8 Å². The van der Waals surface area contributed by atoms with Gasteiger partial charge in [-0.1, -0.05) is 19.3 Å². The summed E-state index contributed by atoms with van der Waals surface area (Å²) >= 11 is 0. The summed E-state index contributed by atoms with van der Waals surface area (Å²) in [5.41, 5.74) is -0.0156. The quantitative estimate of drug-likeness (QED) is 0.707. The minimum atomic E-state index is -2.52. The average Bonchev–Trinajstić information content (AvgIpc) is 2.28. The van der Waals surface area contributed by atoms with E-state index < -0.39 is 8.88 Å². The molecule has 1 fully saturated rings. The Balaban J connectivity index is 2.74. The highest BCUT2D eigenvalue weighted by atomic mass is 28.4. The Morgan fingerprint density at radius 2 is 1.53 bits per heavy atom. The topological polar surface area (TPSA) is 42.5 Å².